The summed E-state index contributed by atoms with van der Waals surface area (Å²) in [5.41, 5.74) is 0.0523. The van der Waals surface area contributed by atoms with E-state index in [0.29, 0.717) is 6.54 Å². The Labute approximate surface area is 96.6 Å². The number of rotatable bonds is 1. The predicted molar refractivity (Wildman–Crippen MR) is 60.8 cm³/mol. The molecule has 2 amide bonds. The maximum atomic E-state index is 12.2. The van der Waals surface area contributed by atoms with Crippen LogP contribution in [0, 0.1) is 5.41 Å². The fourth-order valence-electron chi connectivity index (χ4n) is 2.57. The highest BCUT2D eigenvalue weighted by molar-refractivity contribution is 5.95. The summed E-state index contributed by atoms with van der Waals surface area (Å²) in [7, 11) is 0. The molecule has 0 aliphatic carbocycles. The fourth-order valence-corrected chi connectivity index (χ4v) is 2.57. The number of hydrogen-bond acceptors (Lipinski definition) is 2. The molecule has 2 aliphatic rings. The zero-order valence-corrected chi connectivity index (χ0v) is 10.3. The van der Waals surface area contributed by atoms with Crippen LogP contribution in [0.3, 0.4) is 0 Å². The minimum atomic E-state index is -0.163. The van der Waals surface area contributed by atoms with Crippen molar-refractivity contribution < 1.29 is 9.59 Å². The molecule has 90 valence electrons. The molecule has 16 heavy (non-hydrogen) atoms. The van der Waals surface area contributed by atoms with Gasteiger partial charge in [0.2, 0.25) is 11.8 Å². The van der Waals surface area contributed by atoms with Gasteiger partial charge in [-0.15, -0.1) is 0 Å². The summed E-state index contributed by atoms with van der Waals surface area (Å²) in [6.07, 6.45) is 1.80. The minimum absolute atomic E-state index is 0.0523. The molecule has 0 aromatic rings. The van der Waals surface area contributed by atoms with Gasteiger partial charge in [0.05, 0.1) is 6.54 Å². The van der Waals surface area contributed by atoms with Gasteiger partial charge in [0.1, 0.15) is 6.04 Å². The van der Waals surface area contributed by atoms with Crippen LogP contribution in [0.15, 0.2) is 0 Å². The van der Waals surface area contributed by atoms with Crippen molar-refractivity contribution in [2.45, 2.75) is 39.7 Å². The number of nitrogens with zero attached hydrogens (tertiary/aromatic N) is 2. The van der Waals surface area contributed by atoms with Crippen LogP contribution in [-0.4, -0.2) is 47.3 Å². The Morgan fingerprint density at radius 1 is 1.31 bits per heavy atom. The van der Waals surface area contributed by atoms with Crippen LogP contribution in [0.2, 0.25) is 0 Å². The van der Waals surface area contributed by atoms with E-state index in [1.807, 2.05) is 0 Å². The second-order valence-electron chi connectivity index (χ2n) is 6.00. The SMILES string of the molecule is CC(C)(C)CN1CC(=O)N2CCCC2C1=O. The first kappa shape index (κ1) is 11.4. The smallest absolute Gasteiger partial charge is 0.245 e. The van der Waals surface area contributed by atoms with E-state index in [2.05, 4.69) is 20.8 Å². The Bertz CT molecular complexity index is 319. The maximum Gasteiger partial charge on any atom is 0.245 e. The maximum absolute atomic E-state index is 12.2. The van der Waals surface area contributed by atoms with E-state index in [0.717, 1.165) is 19.4 Å². The van der Waals surface area contributed by atoms with Gasteiger partial charge in [-0.05, 0) is 18.3 Å². The fraction of sp³-hybridized carbons (Fsp3) is 0.833. The van der Waals surface area contributed by atoms with Gasteiger partial charge in [0.25, 0.3) is 0 Å². The monoisotopic (exact) mass is 224 g/mol. The van der Waals surface area contributed by atoms with Crippen LogP contribution in [-0.2, 0) is 9.59 Å². The molecule has 1 atom stereocenters. The highest BCUT2D eigenvalue weighted by atomic mass is 16.2. The van der Waals surface area contributed by atoms with E-state index in [-0.39, 0.29) is 29.8 Å². The minimum Gasteiger partial charge on any atom is -0.331 e. The molecule has 4 heteroatoms. The normalized spacial score (nSPS) is 26.3. The van der Waals surface area contributed by atoms with Gasteiger partial charge in [0, 0.05) is 13.1 Å². The summed E-state index contributed by atoms with van der Waals surface area (Å²) < 4.78 is 0. The van der Waals surface area contributed by atoms with Crippen molar-refractivity contribution >= 4 is 11.8 Å². The average molecular weight is 224 g/mol. The summed E-state index contributed by atoms with van der Waals surface area (Å²) in [5.74, 6) is 0.262. The van der Waals surface area contributed by atoms with Crippen molar-refractivity contribution in [2.75, 3.05) is 19.6 Å². The molecule has 0 aromatic carbocycles. The summed E-state index contributed by atoms with van der Waals surface area (Å²) in [6.45, 7) is 7.97. The molecule has 0 bridgehead atoms. The molecule has 2 heterocycles. The third-order valence-electron chi connectivity index (χ3n) is 3.16. The van der Waals surface area contributed by atoms with Gasteiger partial charge in [0.15, 0.2) is 0 Å². The lowest BCUT2D eigenvalue weighted by atomic mass is 9.95. The molecular formula is C12H20N2O2. The van der Waals surface area contributed by atoms with Gasteiger partial charge in [-0.2, -0.15) is 0 Å². The van der Waals surface area contributed by atoms with Crippen LogP contribution in [0.4, 0.5) is 0 Å². The first-order valence-electron chi connectivity index (χ1n) is 5.97. The second-order valence-corrected chi connectivity index (χ2v) is 6.00. The molecule has 0 radical (unpaired) electrons. The number of carbonyl (C=O) groups excluding carboxylic acids is 2. The summed E-state index contributed by atoms with van der Waals surface area (Å²) in [6, 6.07) is -0.163. The topological polar surface area (TPSA) is 40.6 Å². The van der Waals surface area contributed by atoms with Gasteiger partial charge in [-0.3, -0.25) is 9.59 Å². The number of hydrogen-bond donors (Lipinski definition) is 0. The zero-order chi connectivity index (χ0) is 11.9. The molecule has 2 aliphatic heterocycles. The molecule has 2 fully saturated rings. The molecule has 2 saturated heterocycles. The Kier molecular flexibility index (Phi) is 2.68. The van der Waals surface area contributed by atoms with E-state index < -0.39 is 0 Å². The molecule has 0 saturated carbocycles. The van der Waals surface area contributed by atoms with Gasteiger partial charge in [-0.1, -0.05) is 20.8 Å². The predicted octanol–water partition coefficient (Wildman–Crippen LogP) is 0.866. The lowest BCUT2D eigenvalue weighted by Gasteiger charge is -2.39. The van der Waals surface area contributed by atoms with E-state index in [1.165, 1.54) is 0 Å². The molecule has 4 nitrogen and oxygen atoms in total. The molecule has 0 spiro atoms. The number of piperazine rings is 1. The molecule has 0 N–H and O–H groups in total. The van der Waals surface area contributed by atoms with E-state index in [1.54, 1.807) is 9.80 Å². The summed E-state index contributed by atoms with van der Waals surface area (Å²) >= 11 is 0. The van der Waals surface area contributed by atoms with Crippen molar-refractivity contribution in [1.82, 2.24) is 9.80 Å². The molecule has 0 aromatic heterocycles. The van der Waals surface area contributed by atoms with E-state index >= 15 is 0 Å². The van der Waals surface area contributed by atoms with Crippen LogP contribution < -0.4 is 0 Å². The highest BCUT2D eigenvalue weighted by Gasteiger charge is 2.42. The first-order chi connectivity index (χ1) is 7.38. The average Bonchev–Trinajstić information content (AvgIpc) is 2.60. The van der Waals surface area contributed by atoms with Crippen molar-refractivity contribution in [3.05, 3.63) is 0 Å². The van der Waals surface area contributed by atoms with E-state index in [9.17, 15) is 9.59 Å². The van der Waals surface area contributed by atoms with Crippen LogP contribution in [0.5, 0.6) is 0 Å². The largest absolute Gasteiger partial charge is 0.331 e. The lowest BCUT2D eigenvalue weighted by molar-refractivity contribution is -0.154. The molecule has 2 rings (SSSR count). The van der Waals surface area contributed by atoms with Gasteiger partial charge < -0.3 is 9.80 Å². The number of carbonyl (C=O) groups is 2. The van der Waals surface area contributed by atoms with E-state index in [4.69, 9.17) is 0 Å². The Hall–Kier alpha value is -1.06. The highest BCUT2D eigenvalue weighted by Crippen LogP contribution is 2.26. The van der Waals surface area contributed by atoms with Crippen molar-refractivity contribution in [1.29, 1.82) is 0 Å². The Morgan fingerprint density at radius 3 is 2.62 bits per heavy atom. The quantitative estimate of drug-likeness (QED) is 0.663. The standard InChI is InChI=1S/C12H20N2O2/c1-12(2,3)8-13-7-10(15)14-6-4-5-9(14)11(13)16/h9H,4-8H2,1-3H3. The van der Waals surface area contributed by atoms with Crippen molar-refractivity contribution in [3.63, 3.8) is 0 Å². The molecule has 1 unspecified atom stereocenters. The first-order valence-corrected chi connectivity index (χ1v) is 5.97. The van der Waals surface area contributed by atoms with Gasteiger partial charge >= 0.3 is 0 Å². The lowest BCUT2D eigenvalue weighted by Crippen LogP contribution is -2.58. The number of amides is 2. The zero-order valence-electron chi connectivity index (χ0n) is 10.3. The Morgan fingerprint density at radius 2 is 2.00 bits per heavy atom. The van der Waals surface area contributed by atoms with Crippen LogP contribution in [0.1, 0.15) is 33.6 Å². The van der Waals surface area contributed by atoms with Crippen LogP contribution >= 0.6 is 0 Å². The second kappa shape index (κ2) is 3.75. The number of fused-ring (bicyclic) bond motifs is 1. The Balaban J connectivity index is 2.11. The third-order valence-corrected chi connectivity index (χ3v) is 3.16. The van der Waals surface area contributed by atoms with Crippen LogP contribution in [0.25, 0.3) is 0 Å². The summed E-state index contributed by atoms with van der Waals surface area (Å²) in [5, 5.41) is 0. The van der Waals surface area contributed by atoms with Crippen molar-refractivity contribution in [3.8, 4) is 0 Å². The van der Waals surface area contributed by atoms with Crippen molar-refractivity contribution in [2.24, 2.45) is 5.41 Å². The van der Waals surface area contributed by atoms with Gasteiger partial charge in [-0.25, -0.2) is 0 Å². The third kappa shape index (κ3) is 2.06. The summed E-state index contributed by atoms with van der Waals surface area (Å²) in [4.78, 5) is 27.5. The molecular weight excluding hydrogens is 204 g/mol.